The molecule has 0 radical (unpaired) electrons. The molecule has 0 saturated heterocycles. The molecule has 2 rings (SSSR count). The van der Waals surface area contributed by atoms with Crippen LogP contribution in [0, 0.1) is 0 Å². The predicted octanol–water partition coefficient (Wildman–Crippen LogP) is 3.69. The maximum Gasteiger partial charge on any atom is 0.224 e. The van der Waals surface area contributed by atoms with Gasteiger partial charge < -0.3 is 5.32 Å². The average molecular weight is 255 g/mol. The molecule has 2 aromatic rings. The van der Waals surface area contributed by atoms with E-state index >= 15 is 0 Å². The fourth-order valence-electron chi connectivity index (χ4n) is 2.45. The lowest BCUT2D eigenvalue weighted by atomic mass is 10.0. The Morgan fingerprint density at radius 1 is 1.16 bits per heavy atom. The lowest BCUT2D eigenvalue weighted by Gasteiger charge is -2.13. The molecule has 0 heterocycles. The van der Waals surface area contributed by atoms with Gasteiger partial charge in [-0.05, 0) is 29.7 Å². The van der Waals surface area contributed by atoms with Crippen LogP contribution in [0.3, 0.4) is 0 Å². The number of fused-ring (bicyclic) bond motifs is 1. The van der Waals surface area contributed by atoms with Gasteiger partial charge in [-0.15, -0.1) is 0 Å². The molecule has 2 nitrogen and oxygen atoms in total. The van der Waals surface area contributed by atoms with E-state index in [9.17, 15) is 4.79 Å². The smallest absolute Gasteiger partial charge is 0.224 e. The molecule has 19 heavy (non-hydrogen) atoms. The van der Waals surface area contributed by atoms with Gasteiger partial charge in [0.15, 0.2) is 0 Å². The SMILES string of the molecule is CCC[C@@H](C)NC(=O)Cc1cccc2ccccc12. The molecule has 100 valence electrons. The Balaban J connectivity index is 2.11. The number of amides is 1. The number of carbonyl (C=O) groups excluding carboxylic acids is 1. The molecule has 0 bridgehead atoms. The van der Waals surface area contributed by atoms with Crippen LogP contribution in [0.1, 0.15) is 32.3 Å². The minimum absolute atomic E-state index is 0.109. The Morgan fingerprint density at radius 3 is 2.68 bits per heavy atom. The van der Waals surface area contributed by atoms with Crippen molar-refractivity contribution in [3.8, 4) is 0 Å². The Kier molecular flexibility index (Phi) is 4.56. The van der Waals surface area contributed by atoms with Crippen molar-refractivity contribution in [3.63, 3.8) is 0 Å². The number of nitrogens with one attached hydrogen (secondary N) is 1. The van der Waals surface area contributed by atoms with E-state index in [1.165, 1.54) is 10.8 Å². The second kappa shape index (κ2) is 6.37. The highest BCUT2D eigenvalue weighted by Crippen LogP contribution is 2.18. The van der Waals surface area contributed by atoms with Gasteiger partial charge in [0.1, 0.15) is 0 Å². The number of benzene rings is 2. The third-order valence-corrected chi connectivity index (χ3v) is 3.36. The zero-order valence-corrected chi connectivity index (χ0v) is 11.6. The van der Waals surface area contributed by atoms with Crippen LogP contribution < -0.4 is 5.32 Å². The van der Waals surface area contributed by atoms with E-state index in [1.54, 1.807) is 0 Å². The maximum absolute atomic E-state index is 12.0. The van der Waals surface area contributed by atoms with Crippen molar-refractivity contribution in [2.45, 2.75) is 39.2 Å². The molecule has 2 heteroatoms. The molecule has 0 aliphatic heterocycles. The summed E-state index contributed by atoms with van der Waals surface area (Å²) in [5.41, 5.74) is 1.10. The molecular formula is C17H21NO. The molecule has 1 atom stereocenters. The normalized spacial score (nSPS) is 12.3. The largest absolute Gasteiger partial charge is 0.353 e. The Morgan fingerprint density at radius 2 is 1.89 bits per heavy atom. The maximum atomic E-state index is 12.0. The molecule has 0 aromatic heterocycles. The molecule has 0 aliphatic carbocycles. The predicted molar refractivity (Wildman–Crippen MR) is 80.2 cm³/mol. The summed E-state index contributed by atoms with van der Waals surface area (Å²) in [6.07, 6.45) is 2.58. The molecule has 0 saturated carbocycles. The first-order chi connectivity index (χ1) is 9.20. The van der Waals surface area contributed by atoms with E-state index < -0.39 is 0 Å². The number of rotatable bonds is 5. The van der Waals surface area contributed by atoms with Crippen molar-refractivity contribution in [1.29, 1.82) is 0 Å². The highest BCUT2D eigenvalue weighted by atomic mass is 16.1. The number of hydrogen-bond donors (Lipinski definition) is 1. The van der Waals surface area contributed by atoms with Crippen molar-refractivity contribution >= 4 is 16.7 Å². The van der Waals surface area contributed by atoms with Crippen LogP contribution in [0.2, 0.25) is 0 Å². The van der Waals surface area contributed by atoms with Gasteiger partial charge in [-0.1, -0.05) is 55.8 Å². The van der Waals surface area contributed by atoms with Crippen molar-refractivity contribution in [2.75, 3.05) is 0 Å². The molecule has 0 unspecified atom stereocenters. The van der Waals surface area contributed by atoms with Gasteiger partial charge in [0, 0.05) is 6.04 Å². The summed E-state index contributed by atoms with van der Waals surface area (Å²) in [5.74, 6) is 0.109. The quantitative estimate of drug-likeness (QED) is 0.867. The standard InChI is InChI=1S/C17H21NO/c1-3-7-13(2)18-17(19)12-15-10-6-9-14-8-4-5-11-16(14)15/h4-6,8-11,13H,3,7,12H2,1-2H3,(H,18,19)/t13-/m1/s1. The first-order valence-electron chi connectivity index (χ1n) is 6.96. The highest BCUT2D eigenvalue weighted by Gasteiger charge is 2.09. The van der Waals surface area contributed by atoms with Gasteiger partial charge in [-0.3, -0.25) is 4.79 Å². The lowest BCUT2D eigenvalue weighted by Crippen LogP contribution is -2.33. The molecule has 1 N–H and O–H groups in total. The summed E-state index contributed by atoms with van der Waals surface area (Å²) in [6, 6.07) is 14.6. The van der Waals surface area contributed by atoms with E-state index in [4.69, 9.17) is 0 Å². The molecule has 2 aromatic carbocycles. The summed E-state index contributed by atoms with van der Waals surface area (Å²) < 4.78 is 0. The average Bonchev–Trinajstić information content (AvgIpc) is 2.39. The molecule has 1 amide bonds. The zero-order valence-electron chi connectivity index (χ0n) is 11.6. The second-order valence-electron chi connectivity index (χ2n) is 5.07. The third kappa shape index (κ3) is 3.57. The van der Waals surface area contributed by atoms with Gasteiger partial charge in [-0.25, -0.2) is 0 Å². The Hall–Kier alpha value is -1.83. The molecule has 0 spiro atoms. The number of hydrogen-bond acceptors (Lipinski definition) is 1. The van der Waals surface area contributed by atoms with E-state index in [-0.39, 0.29) is 11.9 Å². The van der Waals surface area contributed by atoms with Crippen LogP contribution in [-0.2, 0) is 11.2 Å². The highest BCUT2D eigenvalue weighted by molar-refractivity contribution is 5.90. The minimum Gasteiger partial charge on any atom is -0.353 e. The second-order valence-corrected chi connectivity index (χ2v) is 5.07. The van der Waals surface area contributed by atoms with Crippen LogP contribution in [0.5, 0.6) is 0 Å². The van der Waals surface area contributed by atoms with Crippen LogP contribution in [-0.4, -0.2) is 11.9 Å². The summed E-state index contributed by atoms with van der Waals surface area (Å²) in [7, 11) is 0. The minimum atomic E-state index is 0.109. The topological polar surface area (TPSA) is 29.1 Å². The molecule has 0 aliphatic rings. The summed E-state index contributed by atoms with van der Waals surface area (Å²) >= 11 is 0. The van der Waals surface area contributed by atoms with Crippen LogP contribution in [0.4, 0.5) is 0 Å². The Bertz CT molecular complexity index is 557. The first-order valence-corrected chi connectivity index (χ1v) is 6.96. The van der Waals surface area contributed by atoms with E-state index in [2.05, 4.69) is 37.4 Å². The van der Waals surface area contributed by atoms with Crippen molar-refractivity contribution in [3.05, 3.63) is 48.0 Å². The van der Waals surface area contributed by atoms with Gasteiger partial charge in [0.05, 0.1) is 6.42 Å². The zero-order chi connectivity index (χ0) is 13.7. The van der Waals surface area contributed by atoms with Gasteiger partial charge in [-0.2, -0.15) is 0 Å². The molecular weight excluding hydrogens is 234 g/mol. The molecule has 0 fully saturated rings. The van der Waals surface area contributed by atoms with Crippen molar-refractivity contribution in [2.24, 2.45) is 0 Å². The van der Waals surface area contributed by atoms with Gasteiger partial charge >= 0.3 is 0 Å². The monoisotopic (exact) mass is 255 g/mol. The lowest BCUT2D eigenvalue weighted by molar-refractivity contribution is -0.121. The van der Waals surface area contributed by atoms with Crippen LogP contribution in [0.15, 0.2) is 42.5 Å². The van der Waals surface area contributed by atoms with Crippen molar-refractivity contribution < 1.29 is 4.79 Å². The fraction of sp³-hybridized carbons (Fsp3) is 0.353. The summed E-state index contributed by atoms with van der Waals surface area (Å²) in [4.78, 5) is 12.0. The van der Waals surface area contributed by atoms with E-state index in [1.807, 2.05) is 24.3 Å². The van der Waals surface area contributed by atoms with Gasteiger partial charge in [0.2, 0.25) is 5.91 Å². The van der Waals surface area contributed by atoms with Crippen LogP contribution in [0.25, 0.3) is 10.8 Å². The van der Waals surface area contributed by atoms with E-state index in [0.29, 0.717) is 6.42 Å². The fourth-order valence-corrected chi connectivity index (χ4v) is 2.45. The van der Waals surface area contributed by atoms with Crippen molar-refractivity contribution in [1.82, 2.24) is 5.32 Å². The van der Waals surface area contributed by atoms with Gasteiger partial charge in [0.25, 0.3) is 0 Å². The van der Waals surface area contributed by atoms with Crippen LogP contribution >= 0.6 is 0 Å². The summed E-state index contributed by atoms with van der Waals surface area (Å²) in [6.45, 7) is 4.19. The van der Waals surface area contributed by atoms with E-state index in [0.717, 1.165) is 18.4 Å². The Labute approximate surface area is 114 Å². The summed E-state index contributed by atoms with van der Waals surface area (Å²) in [5, 5.41) is 5.41. The first kappa shape index (κ1) is 13.6. The third-order valence-electron chi connectivity index (χ3n) is 3.36. The number of carbonyl (C=O) groups is 1.